The lowest BCUT2D eigenvalue weighted by atomic mass is 10.00. The molecule has 0 rings (SSSR count). The van der Waals surface area contributed by atoms with Crippen LogP contribution in [-0.2, 0) is 65.4 Å². The van der Waals surface area contributed by atoms with E-state index >= 15 is 0 Å². The van der Waals surface area contributed by atoms with Crippen LogP contribution in [-0.4, -0.2) is 96.7 Å². The Morgan fingerprint density at radius 2 is 0.637 bits per heavy atom. The molecule has 0 radical (unpaired) electrons. The topological polar surface area (TPSA) is 237 Å². The van der Waals surface area contributed by atoms with E-state index in [0.29, 0.717) is 37.5 Å². The highest BCUT2D eigenvalue weighted by Crippen LogP contribution is 2.45. The highest BCUT2D eigenvalue weighted by molar-refractivity contribution is 7.47. The first-order valence-corrected chi connectivity index (χ1v) is 34.9. The van der Waals surface area contributed by atoms with Gasteiger partial charge in [-0.2, -0.15) is 0 Å². The van der Waals surface area contributed by atoms with Crippen molar-refractivity contribution in [3.63, 3.8) is 0 Å². The molecule has 0 aliphatic carbocycles. The number of unbranched alkanes of at least 4 members (excludes halogenated alkanes) is 26. The van der Waals surface area contributed by atoms with E-state index in [9.17, 15) is 43.2 Å². The first-order valence-electron chi connectivity index (χ1n) is 31.9. The molecule has 17 nitrogen and oxygen atoms in total. The Balaban J connectivity index is 5.25. The summed E-state index contributed by atoms with van der Waals surface area (Å²) in [6, 6.07) is 0. The third kappa shape index (κ3) is 54.0. The number of phosphoric acid groups is 2. The smallest absolute Gasteiger partial charge is 0.462 e. The molecule has 0 aliphatic heterocycles. The Hall–Kier alpha value is -1.94. The first-order chi connectivity index (χ1) is 38.3. The van der Waals surface area contributed by atoms with Gasteiger partial charge in [0.2, 0.25) is 0 Å². The van der Waals surface area contributed by atoms with Gasteiger partial charge in [0.15, 0.2) is 12.2 Å². The second-order valence-corrected chi connectivity index (χ2v) is 26.2. The van der Waals surface area contributed by atoms with Gasteiger partial charge in [0.25, 0.3) is 0 Å². The molecule has 0 fully saturated rings. The molecule has 3 unspecified atom stereocenters. The van der Waals surface area contributed by atoms with E-state index in [1.54, 1.807) is 0 Å². The molecule has 19 heteroatoms. The molecule has 0 heterocycles. The van der Waals surface area contributed by atoms with Crippen molar-refractivity contribution in [3.05, 3.63) is 0 Å². The van der Waals surface area contributed by atoms with Crippen LogP contribution < -0.4 is 0 Å². The van der Waals surface area contributed by atoms with E-state index in [1.807, 2.05) is 0 Å². The molecule has 0 bridgehead atoms. The number of carbonyl (C=O) groups excluding carboxylic acids is 4. The Morgan fingerprint density at radius 1 is 0.362 bits per heavy atom. The van der Waals surface area contributed by atoms with E-state index in [4.69, 9.17) is 37.0 Å². The van der Waals surface area contributed by atoms with Crippen LogP contribution in [0.2, 0.25) is 0 Å². The van der Waals surface area contributed by atoms with Gasteiger partial charge in [-0.3, -0.25) is 37.3 Å². The highest BCUT2D eigenvalue weighted by Gasteiger charge is 2.30. The largest absolute Gasteiger partial charge is 0.472 e. The molecule has 0 saturated carbocycles. The molecular formula is C61H118O17P2. The Morgan fingerprint density at radius 3 is 0.950 bits per heavy atom. The van der Waals surface area contributed by atoms with Crippen LogP contribution in [0.4, 0.5) is 0 Å². The van der Waals surface area contributed by atoms with Crippen LogP contribution in [0.25, 0.3) is 0 Å². The summed E-state index contributed by atoms with van der Waals surface area (Å²) in [5.41, 5.74) is 0. The van der Waals surface area contributed by atoms with Crippen molar-refractivity contribution in [2.75, 3.05) is 39.6 Å². The quantitative estimate of drug-likeness (QED) is 0.0222. The molecule has 474 valence electrons. The maximum atomic E-state index is 12.9. The van der Waals surface area contributed by atoms with E-state index in [2.05, 4.69) is 48.5 Å². The van der Waals surface area contributed by atoms with E-state index in [1.165, 1.54) is 96.3 Å². The number of rotatable bonds is 59. The standard InChI is InChI=1S/C61H118O17P2/c1-8-10-11-12-13-14-15-20-28-35-42-58(63)71-49-57(78-61(66)45-38-31-24-23-27-34-41-54(7)9-2)51-76-80(69,70)74-47-55(62)46-73-79(67,68)75-50-56(77-60(65)44-37-30-22-17-19-26-33-40-53(5)6)48-72-59(64)43-36-29-21-16-18-25-32-39-52(3)4/h52-57,62H,8-51H2,1-7H3,(H,67,68)(H,69,70)/t54?,55-,56-,57-/m1/s1. The summed E-state index contributed by atoms with van der Waals surface area (Å²) in [6.07, 6.45) is 32.3. The number of esters is 4. The average Bonchev–Trinajstić information content (AvgIpc) is 3.41. The van der Waals surface area contributed by atoms with Gasteiger partial charge in [0.05, 0.1) is 26.4 Å². The third-order valence-electron chi connectivity index (χ3n) is 14.2. The monoisotopic (exact) mass is 1180 g/mol. The van der Waals surface area contributed by atoms with Crippen LogP contribution >= 0.6 is 15.6 Å². The zero-order chi connectivity index (χ0) is 59.5. The average molecular weight is 1190 g/mol. The predicted octanol–water partition coefficient (Wildman–Crippen LogP) is 16.3. The summed E-state index contributed by atoms with van der Waals surface area (Å²) in [6.45, 7) is 11.6. The van der Waals surface area contributed by atoms with Crippen molar-refractivity contribution in [1.29, 1.82) is 0 Å². The minimum absolute atomic E-state index is 0.102. The zero-order valence-corrected chi connectivity index (χ0v) is 53.3. The molecule has 0 spiro atoms. The van der Waals surface area contributed by atoms with Gasteiger partial charge in [-0.25, -0.2) is 9.13 Å². The van der Waals surface area contributed by atoms with Crippen molar-refractivity contribution >= 4 is 39.5 Å². The molecule has 80 heavy (non-hydrogen) atoms. The number of aliphatic hydroxyl groups is 1. The first kappa shape index (κ1) is 78.1. The van der Waals surface area contributed by atoms with Crippen molar-refractivity contribution in [2.45, 2.75) is 311 Å². The van der Waals surface area contributed by atoms with Crippen LogP contribution in [0.1, 0.15) is 292 Å². The van der Waals surface area contributed by atoms with Crippen LogP contribution in [0.3, 0.4) is 0 Å². The lowest BCUT2D eigenvalue weighted by Crippen LogP contribution is -2.30. The molecule has 0 aromatic heterocycles. The molecule has 0 aromatic rings. The SMILES string of the molecule is CCCCCCCCCCCCC(=O)OC[C@H](COP(=O)(O)OC[C@H](O)COP(=O)(O)OC[C@@H](COC(=O)CCCCCCCCCC(C)C)OC(=O)CCCCCCCCCC(C)C)OC(=O)CCCCCCCCC(C)CC. The number of hydrogen-bond acceptors (Lipinski definition) is 15. The summed E-state index contributed by atoms with van der Waals surface area (Å²) in [5.74, 6) is -0.0243. The predicted molar refractivity (Wildman–Crippen MR) is 317 cm³/mol. The van der Waals surface area contributed by atoms with Crippen LogP contribution in [0, 0.1) is 17.8 Å². The highest BCUT2D eigenvalue weighted by atomic mass is 31.2. The van der Waals surface area contributed by atoms with Crippen molar-refractivity contribution < 1.29 is 80.2 Å². The van der Waals surface area contributed by atoms with Crippen LogP contribution in [0.15, 0.2) is 0 Å². The molecule has 0 amide bonds. The molecule has 0 aromatic carbocycles. The Labute approximate surface area is 486 Å². The molecular weight excluding hydrogens is 1070 g/mol. The van der Waals surface area contributed by atoms with Gasteiger partial charge in [0, 0.05) is 25.7 Å². The number of phosphoric ester groups is 2. The fourth-order valence-corrected chi connectivity index (χ4v) is 10.5. The molecule has 0 aliphatic rings. The number of carbonyl (C=O) groups is 4. The number of ether oxygens (including phenoxy) is 4. The van der Waals surface area contributed by atoms with Gasteiger partial charge in [-0.05, 0) is 43.4 Å². The van der Waals surface area contributed by atoms with E-state index in [0.717, 1.165) is 102 Å². The van der Waals surface area contributed by atoms with E-state index in [-0.39, 0.29) is 25.7 Å². The third-order valence-corrected chi connectivity index (χ3v) is 16.1. The molecule has 6 atom stereocenters. The van der Waals surface area contributed by atoms with Crippen LogP contribution in [0.5, 0.6) is 0 Å². The fourth-order valence-electron chi connectivity index (χ4n) is 8.92. The maximum Gasteiger partial charge on any atom is 0.472 e. The number of hydrogen-bond donors (Lipinski definition) is 3. The molecule has 0 saturated heterocycles. The van der Waals surface area contributed by atoms with Gasteiger partial charge in [0.1, 0.15) is 19.3 Å². The zero-order valence-electron chi connectivity index (χ0n) is 51.5. The van der Waals surface area contributed by atoms with Crippen molar-refractivity contribution in [1.82, 2.24) is 0 Å². The van der Waals surface area contributed by atoms with E-state index < -0.39 is 97.5 Å². The minimum atomic E-state index is -4.94. The van der Waals surface area contributed by atoms with Crippen molar-refractivity contribution in [2.24, 2.45) is 17.8 Å². The summed E-state index contributed by atoms with van der Waals surface area (Å²) in [7, 11) is -9.88. The van der Waals surface area contributed by atoms with Gasteiger partial charge in [-0.15, -0.1) is 0 Å². The lowest BCUT2D eigenvalue weighted by molar-refractivity contribution is -0.161. The summed E-state index contributed by atoms with van der Waals surface area (Å²) < 4.78 is 67.8. The normalized spacial score (nSPS) is 14.8. The lowest BCUT2D eigenvalue weighted by Gasteiger charge is -2.21. The van der Waals surface area contributed by atoms with Gasteiger partial charge < -0.3 is 33.8 Å². The second-order valence-electron chi connectivity index (χ2n) is 23.3. The maximum absolute atomic E-state index is 12.9. The second kappa shape index (κ2) is 52.6. The van der Waals surface area contributed by atoms with Gasteiger partial charge in [-0.1, -0.05) is 241 Å². The fraction of sp³-hybridized carbons (Fsp3) is 0.934. The summed E-state index contributed by atoms with van der Waals surface area (Å²) in [4.78, 5) is 72.0. The minimum Gasteiger partial charge on any atom is -0.462 e. The van der Waals surface area contributed by atoms with Gasteiger partial charge >= 0.3 is 39.5 Å². The number of aliphatic hydroxyl groups excluding tert-OH is 1. The summed E-state index contributed by atoms with van der Waals surface area (Å²) >= 11 is 0. The van der Waals surface area contributed by atoms with Crippen molar-refractivity contribution in [3.8, 4) is 0 Å². The summed E-state index contributed by atoms with van der Waals surface area (Å²) in [5, 5.41) is 10.5. The Bertz CT molecular complexity index is 1600. The Kier molecular flexibility index (Phi) is 51.3. The molecule has 3 N–H and O–H groups in total.